The first-order valence-electron chi connectivity index (χ1n) is 11.6. The molecule has 4 heterocycles. The van der Waals surface area contributed by atoms with Crippen LogP contribution in [0.25, 0.3) is 0 Å². The summed E-state index contributed by atoms with van der Waals surface area (Å²) in [6.45, 7) is 9.56. The molecule has 5 fully saturated rings. The zero-order chi connectivity index (χ0) is 20.1. The first-order chi connectivity index (χ1) is 14.0. The second-order valence-corrected chi connectivity index (χ2v) is 9.96. The molecule has 4 aliphatic heterocycles. The fraction of sp³-hybridized carbons (Fsp3) is 0.952. The molecule has 0 spiro atoms. The molecule has 0 aromatic rings. The number of carbonyl (C=O) groups excluding carboxylic acids is 1. The number of piperidine rings is 1. The van der Waals surface area contributed by atoms with Crippen LogP contribution < -0.4 is 10.6 Å². The molecule has 4 saturated heterocycles. The molecule has 0 bridgehead atoms. The van der Waals surface area contributed by atoms with E-state index in [0.717, 1.165) is 32.2 Å². The van der Waals surface area contributed by atoms with Crippen LogP contribution in [0.15, 0.2) is 0 Å². The Hall–Kier alpha value is -0.800. The van der Waals surface area contributed by atoms with Gasteiger partial charge in [0.15, 0.2) is 0 Å². The minimum absolute atomic E-state index is 0.0474. The van der Waals surface area contributed by atoms with E-state index in [4.69, 9.17) is 0 Å². The third-order valence-corrected chi connectivity index (χ3v) is 8.15. The van der Waals surface area contributed by atoms with Crippen molar-refractivity contribution >= 4 is 5.91 Å². The lowest BCUT2D eigenvalue weighted by Crippen LogP contribution is -2.61. The lowest BCUT2D eigenvalue weighted by molar-refractivity contribution is -0.128. The summed E-state index contributed by atoms with van der Waals surface area (Å²) in [4.78, 5) is 22.8. The van der Waals surface area contributed by atoms with Gasteiger partial charge >= 0.3 is 0 Å². The maximum atomic E-state index is 14.4. The molecule has 0 aromatic carbocycles. The van der Waals surface area contributed by atoms with E-state index in [1.165, 1.54) is 25.9 Å². The van der Waals surface area contributed by atoms with E-state index in [-0.39, 0.29) is 36.2 Å². The van der Waals surface area contributed by atoms with E-state index < -0.39 is 6.17 Å². The van der Waals surface area contributed by atoms with Crippen molar-refractivity contribution in [2.75, 3.05) is 52.9 Å². The molecule has 1 aliphatic carbocycles. The standard InChI is InChI=1S/C21H37FN6O/c1-14-13-23-20(29)17-11-15(22)12-18-19(17)28(14)21(24-18)27-9-7-26(8-10-27)16-3-5-25(2)6-4-16/h14-19,21,24H,3-13H2,1-2H3,(H,23,29)/t14-,15?,17?,18?,19?,21?/m0/s1. The molecule has 5 rings (SSSR count). The van der Waals surface area contributed by atoms with Crippen molar-refractivity contribution in [1.82, 2.24) is 30.2 Å². The lowest BCUT2D eigenvalue weighted by atomic mass is 9.80. The van der Waals surface area contributed by atoms with Gasteiger partial charge in [0.05, 0.1) is 5.92 Å². The molecule has 164 valence electrons. The zero-order valence-electron chi connectivity index (χ0n) is 17.9. The first kappa shape index (κ1) is 20.1. The molecule has 5 unspecified atom stereocenters. The van der Waals surface area contributed by atoms with Gasteiger partial charge in [-0.05, 0) is 52.7 Å². The number of carbonyl (C=O) groups is 1. The van der Waals surface area contributed by atoms with Crippen molar-refractivity contribution in [1.29, 1.82) is 0 Å². The molecule has 29 heavy (non-hydrogen) atoms. The van der Waals surface area contributed by atoms with E-state index in [1.807, 2.05) is 0 Å². The molecule has 2 N–H and O–H groups in total. The summed E-state index contributed by atoms with van der Waals surface area (Å²) in [7, 11) is 2.22. The van der Waals surface area contributed by atoms with Crippen molar-refractivity contribution in [3.63, 3.8) is 0 Å². The second kappa shape index (κ2) is 8.04. The highest BCUT2D eigenvalue weighted by Crippen LogP contribution is 2.39. The summed E-state index contributed by atoms with van der Waals surface area (Å²) in [5.74, 6) is -0.182. The summed E-state index contributed by atoms with van der Waals surface area (Å²) < 4.78 is 14.4. The maximum Gasteiger partial charge on any atom is 0.224 e. The normalized spacial score (nSPS) is 43.8. The SMILES string of the molecule is C[C@H]1CNC(=O)C2CC(F)CC3NC(N4CCN(C5CCN(C)CC5)CC4)N1C32. The summed E-state index contributed by atoms with van der Waals surface area (Å²) in [6, 6.07) is 1.19. The van der Waals surface area contributed by atoms with E-state index in [1.54, 1.807) is 0 Å². The van der Waals surface area contributed by atoms with Gasteiger partial charge in [-0.3, -0.25) is 24.8 Å². The van der Waals surface area contributed by atoms with Crippen molar-refractivity contribution in [2.24, 2.45) is 5.92 Å². The fourth-order valence-electron chi connectivity index (χ4n) is 6.51. The van der Waals surface area contributed by atoms with Crippen LogP contribution in [0, 0.1) is 5.92 Å². The summed E-state index contributed by atoms with van der Waals surface area (Å²) >= 11 is 0. The number of hydrogen-bond acceptors (Lipinski definition) is 6. The Morgan fingerprint density at radius 1 is 1.00 bits per heavy atom. The van der Waals surface area contributed by atoms with Crippen LogP contribution in [-0.2, 0) is 4.79 Å². The number of halogens is 1. The Bertz CT molecular complexity index is 606. The van der Waals surface area contributed by atoms with Gasteiger partial charge in [0.25, 0.3) is 0 Å². The molecule has 5 aliphatic rings. The van der Waals surface area contributed by atoms with Crippen LogP contribution in [0.2, 0.25) is 0 Å². The van der Waals surface area contributed by atoms with Crippen LogP contribution >= 0.6 is 0 Å². The van der Waals surface area contributed by atoms with E-state index in [9.17, 15) is 9.18 Å². The number of hydrogen-bond donors (Lipinski definition) is 2. The van der Waals surface area contributed by atoms with Gasteiger partial charge in [0.1, 0.15) is 12.5 Å². The van der Waals surface area contributed by atoms with E-state index >= 15 is 0 Å². The highest BCUT2D eigenvalue weighted by molar-refractivity contribution is 5.80. The number of rotatable bonds is 2. The highest BCUT2D eigenvalue weighted by atomic mass is 19.1. The van der Waals surface area contributed by atoms with Crippen LogP contribution in [0.4, 0.5) is 4.39 Å². The van der Waals surface area contributed by atoms with Crippen LogP contribution in [0.5, 0.6) is 0 Å². The predicted molar refractivity (Wildman–Crippen MR) is 110 cm³/mol. The minimum atomic E-state index is -0.880. The topological polar surface area (TPSA) is 54.1 Å². The van der Waals surface area contributed by atoms with Gasteiger partial charge in [-0.2, -0.15) is 0 Å². The number of likely N-dealkylation sites (tertiary alicyclic amines) is 1. The van der Waals surface area contributed by atoms with Crippen molar-refractivity contribution in [3.05, 3.63) is 0 Å². The molecule has 6 atom stereocenters. The molecule has 1 amide bonds. The zero-order valence-corrected chi connectivity index (χ0v) is 17.9. The Morgan fingerprint density at radius 2 is 1.69 bits per heavy atom. The summed E-state index contributed by atoms with van der Waals surface area (Å²) in [5.41, 5.74) is 0. The van der Waals surface area contributed by atoms with Gasteiger partial charge < -0.3 is 10.2 Å². The van der Waals surface area contributed by atoms with Crippen molar-refractivity contribution in [3.8, 4) is 0 Å². The Morgan fingerprint density at radius 3 is 2.41 bits per heavy atom. The summed E-state index contributed by atoms with van der Waals surface area (Å²) in [5, 5.41) is 6.82. The fourth-order valence-corrected chi connectivity index (χ4v) is 6.51. The van der Waals surface area contributed by atoms with Gasteiger partial charge in [-0.25, -0.2) is 4.39 Å². The lowest BCUT2D eigenvalue weighted by Gasteiger charge is -2.46. The van der Waals surface area contributed by atoms with Gasteiger partial charge in [-0.1, -0.05) is 0 Å². The molecule has 7 nitrogen and oxygen atoms in total. The van der Waals surface area contributed by atoms with Crippen LogP contribution in [-0.4, -0.2) is 115 Å². The van der Waals surface area contributed by atoms with Crippen LogP contribution in [0.3, 0.4) is 0 Å². The average Bonchev–Trinajstić information content (AvgIpc) is 3.05. The highest BCUT2D eigenvalue weighted by Gasteiger charge is 2.55. The third kappa shape index (κ3) is 3.71. The smallest absolute Gasteiger partial charge is 0.224 e. The number of nitrogens with one attached hydrogen (secondary N) is 2. The second-order valence-electron chi connectivity index (χ2n) is 9.96. The molecule has 0 aromatic heterocycles. The van der Waals surface area contributed by atoms with Crippen molar-refractivity contribution in [2.45, 2.75) is 69.2 Å². The maximum absolute atomic E-state index is 14.4. The average molecular weight is 409 g/mol. The van der Waals surface area contributed by atoms with Gasteiger partial charge in [0.2, 0.25) is 5.91 Å². The molecule has 0 radical (unpaired) electrons. The largest absolute Gasteiger partial charge is 0.354 e. The number of amides is 1. The quantitative estimate of drug-likeness (QED) is 0.665. The number of alkyl halides is 1. The molecular weight excluding hydrogens is 371 g/mol. The van der Waals surface area contributed by atoms with Gasteiger partial charge in [0, 0.05) is 56.9 Å². The number of piperazine rings is 1. The Kier molecular flexibility index (Phi) is 5.58. The van der Waals surface area contributed by atoms with Crippen LogP contribution in [0.1, 0.15) is 32.6 Å². The van der Waals surface area contributed by atoms with Crippen molar-refractivity contribution < 1.29 is 9.18 Å². The first-order valence-corrected chi connectivity index (χ1v) is 11.6. The molecule has 8 heteroatoms. The minimum Gasteiger partial charge on any atom is -0.354 e. The van der Waals surface area contributed by atoms with E-state index in [0.29, 0.717) is 19.4 Å². The van der Waals surface area contributed by atoms with Gasteiger partial charge in [-0.15, -0.1) is 0 Å². The molecule has 1 saturated carbocycles. The Balaban J connectivity index is 1.27. The molecular formula is C21H37FN6O. The predicted octanol–water partition coefficient (Wildman–Crippen LogP) is -0.109. The monoisotopic (exact) mass is 408 g/mol. The Labute approximate surface area is 173 Å². The summed E-state index contributed by atoms with van der Waals surface area (Å²) in [6.07, 6.45) is 2.70. The third-order valence-electron chi connectivity index (χ3n) is 8.15. The number of nitrogens with zero attached hydrogens (tertiary/aromatic N) is 4. The van der Waals surface area contributed by atoms with E-state index in [2.05, 4.69) is 44.2 Å².